The van der Waals surface area contributed by atoms with E-state index in [4.69, 9.17) is 4.74 Å². The molecule has 1 aromatic rings. The molecule has 5 heteroatoms. The normalized spacial score (nSPS) is 17.2. The highest BCUT2D eigenvalue weighted by Crippen LogP contribution is 2.41. The van der Waals surface area contributed by atoms with Crippen LogP contribution in [0, 0.1) is 0 Å². The van der Waals surface area contributed by atoms with Crippen molar-refractivity contribution in [2.45, 2.75) is 46.1 Å². The molecule has 0 bridgehead atoms. The third kappa shape index (κ3) is 3.44. The highest BCUT2D eigenvalue weighted by Gasteiger charge is 2.29. The molecule has 0 fully saturated rings. The summed E-state index contributed by atoms with van der Waals surface area (Å²) in [7, 11) is 0. The van der Waals surface area contributed by atoms with Gasteiger partial charge in [-0.2, -0.15) is 0 Å². The van der Waals surface area contributed by atoms with Gasteiger partial charge in [0, 0.05) is 24.1 Å². The maximum Gasteiger partial charge on any atom is 0.224 e. The van der Waals surface area contributed by atoms with Crippen molar-refractivity contribution in [3.63, 3.8) is 0 Å². The highest BCUT2D eigenvalue weighted by atomic mass is 19.2. The number of amides is 1. The van der Waals surface area contributed by atoms with E-state index >= 15 is 0 Å². The minimum absolute atomic E-state index is 0.0109. The molecule has 2 rings (SSSR count). The molecule has 0 saturated heterocycles. The van der Waals surface area contributed by atoms with E-state index in [-0.39, 0.29) is 11.9 Å². The first-order valence-electron chi connectivity index (χ1n) is 7.93. The Morgan fingerprint density at radius 2 is 2.30 bits per heavy atom. The molecule has 1 heterocycles. The van der Waals surface area contributed by atoms with E-state index in [0.717, 1.165) is 42.3 Å². The van der Waals surface area contributed by atoms with Crippen LogP contribution in [0.4, 0.5) is 10.2 Å². The first-order chi connectivity index (χ1) is 11.0. The number of fused-ring (bicyclic) bond motifs is 1. The number of benzene rings is 1. The smallest absolute Gasteiger partial charge is 0.224 e. The average molecular weight is 318 g/mol. The van der Waals surface area contributed by atoms with Crippen molar-refractivity contribution in [1.82, 2.24) is 0 Å². The lowest BCUT2D eigenvalue weighted by atomic mass is 9.92. The molecule has 0 saturated carbocycles. The standard InChI is InChI=1S/C18H23FN2O2/c1-5-10-23-18-15(12(2)11-20-19)8-9-17-16(18)7-6-13(3)21(17)14(4)22/h8-9,11,13H,2,5-7,10H2,1,3-4H3/b20-11-. The van der Waals surface area contributed by atoms with Crippen molar-refractivity contribution in [1.29, 1.82) is 0 Å². The number of nitrogens with zero attached hydrogens (tertiary/aromatic N) is 2. The molecule has 0 aliphatic carbocycles. The number of ether oxygens (including phenoxy) is 1. The van der Waals surface area contributed by atoms with Crippen molar-refractivity contribution in [3.05, 3.63) is 29.8 Å². The third-order valence-corrected chi connectivity index (χ3v) is 4.09. The van der Waals surface area contributed by atoms with E-state index in [1.807, 2.05) is 26.0 Å². The van der Waals surface area contributed by atoms with Crippen LogP contribution in [-0.2, 0) is 11.2 Å². The van der Waals surface area contributed by atoms with Gasteiger partial charge in [0.1, 0.15) is 5.75 Å². The monoisotopic (exact) mass is 318 g/mol. The van der Waals surface area contributed by atoms with Crippen LogP contribution in [0.2, 0.25) is 0 Å². The number of carbonyl (C=O) groups is 1. The molecule has 1 aliphatic rings. The van der Waals surface area contributed by atoms with Gasteiger partial charge in [0.2, 0.25) is 5.91 Å². The van der Waals surface area contributed by atoms with Crippen LogP contribution in [0.1, 0.15) is 44.7 Å². The van der Waals surface area contributed by atoms with E-state index in [0.29, 0.717) is 17.9 Å². The first-order valence-corrected chi connectivity index (χ1v) is 7.93. The van der Waals surface area contributed by atoms with Crippen molar-refractivity contribution in [3.8, 4) is 5.75 Å². The lowest BCUT2D eigenvalue weighted by molar-refractivity contribution is -0.117. The molecule has 1 aliphatic heterocycles. The summed E-state index contributed by atoms with van der Waals surface area (Å²) in [6.07, 6.45) is 3.61. The molecule has 0 radical (unpaired) electrons. The third-order valence-electron chi connectivity index (χ3n) is 4.09. The number of rotatable bonds is 5. The van der Waals surface area contributed by atoms with Crippen LogP contribution in [0.3, 0.4) is 0 Å². The summed E-state index contributed by atoms with van der Waals surface area (Å²) in [4.78, 5) is 13.8. The van der Waals surface area contributed by atoms with E-state index in [1.165, 1.54) is 0 Å². The molecule has 0 N–H and O–H groups in total. The summed E-state index contributed by atoms with van der Waals surface area (Å²) < 4.78 is 18.2. The fraction of sp³-hybridized carbons (Fsp3) is 0.444. The van der Waals surface area contributed by atoms with Crippen LogP contribution in [-0.4, -0.2) is 24.8 Å². The Morgan fingerprint density at radius 3 is 2.91 bits per heavy atom. The Bertz CT molecular complexity index is 640. The Labute approximate surface area is 136 Å². The van der Waals surface area contributed by atoms with Gasteiger partial charge >= 0.3 is 0 Å². The number of carbonyl (C=O) groups excluding carboxylic acids is 1. The van der Waals surface area contributed by atoms with Crippen LogP contribution in [0.5, 0.6) is 5.75 Å². The SMILES string of the molecule is C=C(/C=N\F)c1ccc2c(c1OCCC)CCC(C)N2C(C)=O. The quantitative estimate of drug-likeness (QED) is 0.766. The maximum atomic E-state index is 12.3. The topological polar surface area (TPSA) is 41.9 Å². The lowest BCUT2D eigenvalue weighted by Gasteiger charge is -2.36. The summed E-state index contributed by atoms with van der Waals surface area (Å²) in [6, 6.07) is 3.86. The van der Waals surface area contributed by atoms with Gasteiger partial charge in [-0.1, -0.05) is 23.2 Å². The second-order valence-corrected chi connectivity index (χ2v) is 5.82. The zero-order valence-electron chi connectivity index (χ0n) is 13.9. The van der Waals surface area contributed by atoms with Gasteiger partial charge in [-0.3, -0.25) is 4.79 Å². The van der Waals surface area contributed by atoms with Crippen LogP contribution in [0.25, 0.3) is 5.57 Å². The molecule has 0 spiro atoms. The predicted octanol–water partition coefficient (Wildman–Crippen LogP) is 4.13. The van der Waals surface area contributed by atoms with Gasteiger partial charge in [-0.05, 0) is 43.9 Å². The zero-order valence-corrected chi connectivity index (χ0v) is 13.9. The van der Waals surface area contributed by atoms with Crippen molar-refractivity contribution < 1.29 is 14.0 Å². The molecule has 1 atom stereocenters. The summed E-state index contributed by atoms with van der Waals surface area (Å²) in [5.41, 5.74) is 3.03. The number of hydrogen-bond acceptors (Lipinski definition) is 3. The van der Waals surface area contributed by atoms with Crippen molar-refractivity contribution in [2.75, 3.05) is 11.5 Å². The van der Waals surface area contributed by atoms with Gasteiger partial charge in [0.05, 0.1) is 18.5 Å². The Hall–Kier alpha value is -2.17. The molecule has 124 valence electrons. The number of halogens is 1. The van der Waals surface area contributed by atoms with E-state index in [2.05, 4.69) is 11.8 Å². The van der Waals surface area contributed by atoms with Crippen molar-refractivity contribution in [2.24, 2.45) is 5.21 Å². The van der Waals surface area contributed by atoms with Gasteiger partial charge < -0.3 is 9.64 Å². The van der Waals surface area contributed by atoms with Crippen LogP contribution in [0.15, 0.2) is 23.9 Å². The summed E-state index contributed by atoms with van der Waals surface area (Å²) in [5.74, 6) is 0.698. The average Bonchev–Trinajstić information content (AvgIpc) is 2.51. The fourth-order valence-corrected chi connectivity index (χ4v) is 3.03. The number of hydrogen-bond donors (Lipinski definition) is 0. The molecule has 1 unspecified atom stereocenters. The Balaban J connectivity index is 2.58. The van der Waals surface area contributed by atoms with Crippen molar-refractivity contribution >= 4 is 23.4 Å². The second kappa shape index (κ2) is 7.40. The molecular formula is C18H23FN2O2. The number of anilines is 1. The van der Waals surface area contributed by atoms with E-state index in [9.17, 15) is 9.28 Å². The first kappa shape index (κ1) is 17.2. The minimum Gasteiger partial charge on any atom is -0.493 e. The molecule has 0 aromatic heterocycles. The van der Waals surface area contributed by atoms with Gasteiger partial charge in [-0.25, -0.2) is 0 Å². The maximum absolute atomic E-state index is 12.3. The highest BCUT2D eigenvalue weighted by molar-refractivity contribution is 6.10. The summed E-state index contributed by atoms with van der Waals surface area (Å²) >= 11 is 0. The van der Waals surface area contributed by atoms with E-state index < -0.39 is 0 Å². The zero-order chi connectivity index (χ0) is 17.0. The van der Waals surface area contributed by atoms with Crippen LogP contribution < -0.4 is 9.64 Å². The molecule has 4 nitrogen and oxygen atoms in total. The minimum atomic E-state index is 0.0109. The largest absolute Gasteiger partial charge is 0.493 e. The van der Waals surface area contributed by atoms with Gasteiger partial charge in [-0.15, -0.1) is 0 Å². The second-order valence-electron chi connectivity index (χ2n) is 5.82. The Kier molecular flexibility index (Phi) is 5.53. The summed E-state index contributed by atoms with van der Waals surface area (Å²) in [5, 5.41) is 2.56. The number of allylic oxidation sites excluding steroid dienone is 1. The molecule has 1 aromatic carbocycles. The van der Waals surface area contributed by atoms with E-state index in [1.54, 1.807) is 11.8 Å². The molecule has 1 amide bonds. The summed E-state index contributed by atoms with van der Waals surface area (Å²) in [6.45, 7) is 10.0. The van der Waals surface area contributed by atoms with Gasteiger partial charge in [0.15, 0.2) is 0 Å². The molecular weight excluding hydrogens is 295 g/mol. The fourth-order valence-electron chi connectivity index (χ4n) is 3.03. The molecule has 23 heavy (non-hydrogen) atoms. The lowest BCUT2D eigenvalue weighted by Crippen LogP contribution is -2.40. The van der Waals surface area contributed by atoms with Gasteiger partial charge in [0.25, 0.3) is 0 Å². The predicted molar refractivity (Wildman–Crippen MR) is 91.8 cm³/mol. The van der Waals surface area contributed by atoms with Crippen LogP contribution >= 0.6 is 0 Å². The Morgan fingerprint density at radius 1 is 1.57 bits per heavy atom.